The molecule has 5 nitrogen and oxygen atoms in total. The van der Waals surface area contributed by atoms with Crippen LogP contribution in [0.2, 0.25) is 0 Å². The molecule has 5 heteroatoms. The summed E-state index contributed by atoms with van der Waals surface area (Å²) in [6, 6.07) is 0. The van der Waals surface area contributed by atoms with Gasteiger partial charge in [0.1, 0.15) is 0 Å². The van der Waals surface area contributed by atoms with E-state index in [1.807, 2.05) is 0 Å². The molecule has 122 valence electrons. The van der Waals surface area contributed by atoms with Crippen molar-refractivity contribution in [1.29, 1.82) is 0 Å². The highest BCUT2D eigenvalue weighted by Gasteiger charge is 2.39. The van der Waals surface area contributed by atoms with Crippen LogP contribution in [0.5, 0.6) is 0 Å². The Kier molecular flexibility index (Phi) is 6.02. The summed E-state index contributed by atoms with van der Waals surface area (Å²) in [5, 5.41) is 0. The van der Waals surface area contributed by atoms with E-state index >= 15 is 0 Å². The molecule has 1 amide bonds. The van der Waals surface area contributed by atoms with Crippen molar-refractivity contribution in [2.45, 2.75) is 33.1 Å². The highest BCUT2D eigenvalue weighted by molar-refractivity contribution is 5.83. The number of nitrogens with zero attached hydrogens (tertiary/aromatic N) is 2. The van der Waals surface area contributed by atoms with E-state index in [1.165, 1.54) is 0 Å². The minimum absolute atomic E-state index is 0.277. The molecule has 2 aliphatic heterocycles. The van der Waals surface area contributed by atoms with Gasteiger partial charge in [-0.05, 0) is 25.2 Å². The summed E-state index contributed by atoms with van der Waals surface area (Å²) in [5.41, 5.74) is 5.57. The minimum atomic E-state index is -0.339. The second kappa shape index (κ2) is 7.56. The standard InChI is InChI=1S/C16H31N3O2/c1-3-16(4-2,13-17)15(20)19-6-5-14(12-19)11-18-7-9-21-10-8-18/h14H,3-13,17H2,1-2H3. The van der Waals surface area contributed by atoms with E-state index in [1.54, 1.807) is 0 Å². The Labute approximate surface area is 128 Å². The summed E-state index contributed by atoms with van der Waals surface area (Å²) in [6.45, 7) is 11.3. The zero-order valence-electron chi connectivity index (χ0n) is 13.6. The van der Waals surface area contributed by atoms with Crippen LogP contribution in [0.1, 0.15) is 33.1 Å². The van der Waals surface area contributed by atoms with Crippen molar-refractivity contribution in [3.8, 4) is 0 Å². The maximum atomic E-state index is 12.8. The Morgan fingerprint density at radius 1 is 1.24 bits per heavy atom. The molecular weight excluding hydrogens is 266 g/mol. The molecule has 2 N–H and O–H groups in total. The van der Waals surface area contributed by atoms with Gasteiger partial charge in [0.15, 0.2) is 0 Å². The fraction of sp³-hybridized carbons (Fsp3) is 0.938. The number of rotatable bonds is 6. The summed E-state index contributed by atoms with van der Waals surface area (Å²) in [6.07, 6.45) is 2.80. The molecule has 2 fully saturated rings. The lowest BCUT2D eigenvalue weighted by atomic mass is 9.81. The molecule has 0 aromatic rings. The first-order valence-electron chi connectivity index (χ1n) is 8.44. The van der Waals surface area contributed by atoms with Crippen LogP contribution in [0.15, 0.2) is 0 Å². The van der Waals surface area contributed by atoms with E-state index in [0.717, 1.165) is 65.2 Å². The number of hydrogen-bond donors (Lipinski definition) is 1. The Bertz CT molecular complexity index is 330. The highest BCUT2D eigenvalue weighted by atomic mass is 16.5. The van der Waals surface area contributed by atoms with Crippen LogP contribution < -0.4 is 5.73 Å². The molecule has 0 aliphatic carbocycles. The molecule has 0 spiro atoms. The number of hydrogen-bond acceptors (Lipinski definition) is 4. The smallest absolute Gasteiger partial charge is 0.230 e. The van der Waals surface area contributed by atoms with Crippen LogP contribution in [0.25, 0.3) is 0 Å². The molecular formula is C16H31N3O2. The van der Waals surface area contributed by atoms with Crippen LogP contribution in [0.4, 0.5) is 0 Å². The largest absolute Gasteiger partial charge is 0.379 e. The van der Waals surface area contributed by atoms with Gasteiger partial charge in [-0.3, -0.25) is 9.69 Å². The van der Waals surface area contributed by atoms with E-state index < -0.39 is 0 Å². The van der Waals surface area contributed by atoms with E-state index in [4.69, 9.17) is 10.5 Å². The minimum Gasteiger partial charge on any atom is -0.379 e. The van der Waals surface area contributed by atoms with E-state index in [9.17, 15) is 4.79 Å². The SMILES string of the molecule is CCC(CC)(CN)C(=O)N1CCC(CN2CCOCC2)C1. The van der Waals surface area contributed by atoms with Crippen LogP contribution in [-0.4, -0.2) is 68.2 Å². The number of morpholine rings is 1. The number of nitrogens with two attached hydrogens (primary N) is 1. The summed E-state index contributed by atoms with van der Waals surface area (Å²) < 4.78 is 5.39. The zero-order valence-corrected chi connectivity index (χ0v) is 13.6. The molecule has 0 radical (unpaired) electrons. The van der Waals surface area contributed by atoms with Gasteiger partial charge >= 0.3 is 0 Å². The molecule has 21 heavy (non-hydrogen) atoms. The van der Waals surface area contributed by atoms with Crippen LogP contribution in [0, 0.1) is 11.3 Å². The van der Waals surface area contributed by atoms with Gasteiger partial charge in [-0.15, -0.1) is 0 Å². The molecule has 2 aliphatic rings. The molecule has 0 aromatic heterocycles. The molecule has 0 aromatic carbocycles. The number of carbonyl (C=O) groups excluding carboxylic acids is 1. The predicted octanol–water partition coefficient (Wildman–Crippen LogP) is 0.932. The average molecular weight is 297 g/mol. The molecule has 2 rings (SSSR count). The third-order valence-corrected chi connectivity index (χ3v) is 5.39. The van der Waals surface area contributed by atoms with Crippen molar-refractivity contribution >= 4 is 5.91 Å². The van der Waals surface area contributed by atoms with E-state index in [-0.39, 0.29) is 11.3 Å². The summed E-state index contributed by atoms with van der Waals surface area (Å²) in [7, 11) is 0. The normalized spacial score (nSPS) is 24.5. The first-order chi connectivity index (χ1) is 10.1. The van der Waals surface area contributed by atoms with Gasteiger partial charge in [0.2, 0.25) is 5.91 Å². The van der Waals surface area contributed by atoms with Gasteiger partial charge < -0.3 is 15.4 Å². The van der Waals surface area contributed by atoms with Gasteiger partial charge in [0.25, 0.3) is 0 Å². The zero-order chi connectivity index (χ0) is 15.3. The topological polar surface area (TPSA) is 58.8 Å². The fourth-order valence-corrected chi connectivity index (χ4v) is 3.58. The molecule has 1 atom stereocenters. The first-order valence-corrected chi connectivity index (χ1v) is 8.44. The van der Waals surface area contributed by atoms with Crippen LogP contribution in [0.3, 0.4) is 0 Å². The van der Waals surface area contributed by atoms with Gasteiger partial charge in [-0.1, -0.05) is 13.8 Å². The molecule has 2 saturated heterocycles. The quantitative estimate of drug-likeness (QED) is 0.792. The lowest BCUT2D eigenvalue weighted by Gasteiger charge is -2.33. The Morgan fingerprint density at radius 3 is 2.48 bits per heavy atom. The van der Waals surface area contributed by atoms with Crippen LogP contribution >= 0.6 is 0 Å². The summed E-state index contributed by atoms with van der Waals surface area (Å²) in [4.78, 5) is 17.3. The van der Waals surface area contributed by atoms with Gasteiger partial charge in [0.05, 0.1) is 18.6 Å². The second-order valence-corrected chi connectivity index (χ2v) is 6.51. The second-order valence-electron chi connectivity index (χ2n) is 6.51. The maximum Gasteiger partial charge on any atom is 0.230 e. The first kappa shape index (κ1) is 16.7. The summed E-state index contributed by atoms with van der Waals surface area (Å²) >= 11 is 0. The average Bonchev–Trinajstić information content (AvgIpc) is 2.99. The Balaban J connectivity index is 1.87. The number of carbonyl (C=O) groups is 1. The van der Waals surface area contributed by atoms with Crippen molar-refractivity contribution in [3.05, 3.63) is 0 Å². The highest BCUT2D eigenvalue weighted by Crippen LogP contribution is 2.30. The molecule has 2 heterocycles. The Hall–Kier alpha value is -0.650. The van der Waals surface area contributed by atoms with Gasteiger partial charge in [-0.25, -0.2) is 0 Å². The monoisotopic (exact) mass is 297 g/mol. The van der Waals surface area contributed by atoms with Gasteiger partial charge in [0, 0.05) is 39.3 Å². The number of likely N-dealkylation sites (tertiary alicyclic amines) is 1. The van der Waals surface area contributed by atoms with Gasteiger partial charge in [-0.2, -0.15) is 0 Å². The van der Waals surface area contributed by atoms with Crippen molar-refractivity contribution in [2.24, 2.45) is 17.1 Å². The predicted molar refractivity (Wildman–Crippen MR) is 84.0 cm³/mol. The van der Waals surface area contributed by atoms with Crippen LogP contribution in [-0.2, 0) is 9.53 Å². The molecule has 0 saturated carbocycles. The summed E-state index contributed by atoms with van der Waals surface area (Å²) in [5.74, 6) is 0.885. The lowest BCUT2D eigenvalue weighted by Crippen LogP contribution is -2.47. The lowest BCUT2D eigenvalue weighted by molar-refractivity contribution is -0.141. The Morgan fingerprint density at radius 2 is 1.90 bits per heavy atom. The van der Waals surface area contributed by atoms with E-state index in [2.05, 4.69) is 23.6 Å². The maximum absolute atomic E-state index is 12.8. The third kappa shape index (κ3) is 3.76. The van der Waals surface area contributed by atoms with E-state index in [0.29, 0.717) is 12.5 Å². The van der Waals surface area contributed by atoms with Crippen molar-refractivity contribution in [1.82, 2.24) is 9.80 Å². The third-order valence-electron chi connectivity index (χ3n) is 5.39. The van der Waals surface area contributed by atoms with Crippen molar-refractivity contribution in [3.63, 3.8) is 0 Å². The molecule has 0 bridgehead atoms. The van der Waals surface area contributed by atoms with Crippen molar-refractivity contribution in [2.75, 3.05) is 52.5 Å². The van der Waals surface area contributed by atoms with Crippen molar-refractivity contribution < 1.29 is 9.53 Å². The number of amides is 1. The fourth-order valence-electron chi connectivity index (χ4n) is 3.58. The number of ether oxygens (including phenoxy) is 1. The molecule has 1 unspecified atom stereocenters.